The molecule has 0 saturated heterocycles. The summed E-state index contributed by atoms with van der Waals surface area (Å²) in [5, 5.41) is 11.3. The predicted octanol–water partition coefficient (Wildman–Crippen LogP) is 5.55. The first kappa shape index (κ1) is 28.7. The average molecular weight is 610 g/mol. The predicted molar refractivity (Wildman–Crippen MR) is 163 cm³/mol. The molecule has 3 aromatic carbocycles. The highest BCUT2D eigenvalue weighted by Crippen LogP contribution is 2.35. The highest BCUT2D eigenvalue weighted by atomic mass is 32.1. The molecule has 1 aliphatic rings. The van der Waals surface area contributed by atoms with Gasteiger partial charge in [0.05, 0.1) is 33.4 Å². The van der Waals surface area contributed by atoms with Gasteiger partial charge >= 0.3 is 5.97 Å². The molecule has 2 aromatic heterocycles. The van der Waals surface area contributed by atoms with E-state index in [0.29, 0.717) is 38.7 Å². The molecule has 0 spiro atoms. The Kier molecular flexibility index (Phi) is 7.62. The van der Waals surface area contributed by atoms with Crippen LogP contribution < -0.4 is 14.9 Å². The first-order chi connectivity index (χ1) is 21.2. The fraction of sp³-hybridized carbons (Fsp3) is 0.121. The van der Waals surface area contributed by atoms with Crippen molar-refractivity contribution in [2.75, 3.05) is 6.61 Å². The largest absolute Gasteiger partial charge is 0.463 e. The fourth-order valence-electron chi connectivity index (χ4n) is 5.09. The van der Waals surface area contributed by atoms with Crippen molar-refractivity contribution in [2.24, 2.45) is 4.99 Å². The van der Waals surface area contributed by atoms with Gasteiger partial charge in [0.25, 0.3) is 11.2 Å². The first-order valence-corrected chi connectivity index (χ1v) is 14.5. The zero-order chi connectivity index (χ0) is 31.0. The number of hydrogen-bond donors (Lipinski definition) is 0. The van der Waals surface area contributed by atoms with Crippen LogP contribution in [0.5, 0.6) is 0 Å². The topological polar surface area (TPSA) is 117 Å². The number of nitrogens with zero attached hydrogens (tertiary/aromatic N) is 3. The highest BCUT2D eigenvalue weighted by Gasteiger charge is 2.35. The van der Waals surface area contributed by atoms with Crippen LogP contribution in [-0.2, 0) is 9.53 Å². The number of carbonyl (C=O) groups excluding carboxylic acids is 1. The number of esters is 1. The third kappa shape index (κ3) is 5.29. The summed E-state index contributed by atoms with van der Waals surface area (Å²) in [6.07, 6.45) is 1.57. The standard InChI is InChI=1S/C33H24FN3O6S/c1-3-42-32(39)28-29(20-7-5-4-6-8-20)35-33-36(30(28)21-10-12-22(34)13-11-21)31(38)27(44-33)18-24-15-16-26(43-24)25-17-23(37(40)41)14-9-19(25)2/h4-18,30H,3H2,1-2H3/b27-18-/t30-/m1/s1. The number of thiazole rings is 1. The number of nitro groups is 1. The molecule has 11 heteroatoms. The van der Waals surface area contributed by atoms with Crippen molar-refractivity contribution >= 4 is 34.8 Å². The Hall–Kier alpha value is -5.42. The molecule has 0 radical (unpaired) electrons. The number of benzene rings is 3. The van der Waals surface area contributed by atoms with Crippen LogP contribution in [-0.4, -0.2) is 22.1 Å². The van der Waals surface area contributed by atoms with E-state index in [1.54, 1.807) is 31.2 Å². The lowest BCUT2D eigenvalue weighted by Gasteiger charge is -2.25. The van der Waals surface area contributed by atoms with Crippen LogP contribution in [0.3, 0.4) is 0 Å². The number of ether oxygens (including phenoxy) is 1. The number of furan rings is 1. The van der Waals surface area contributed by atoms with Gasteiger partial charge in [-0.25, -0.2) is 14.2 Å². The lowest BCUT2D eigenvalue weighted by Crippen LogP contribution is -2.40. The molecular formula is C33H24FN3O6S. The van der Waals surface area contributed by atoms with Crippen LogP contribution in [0, 0.1) is 22.9 Å². The summed E-state index contributed by atoms with van der Waals surface area (Å²) >= 11 is 1.12. The van der Waals surface area contributed by atoms with Crippen molar-refractivity contribution in [3.05, 3.63) is 149 Å². The molecule has 1 aliphatic heterocycles. The van der Waals surface area contributed by atoms with Gasteiger partial charge in [0.1, 0.15) is 17.3 Å². The van der Waals surface area contributed by atoms with E-state index in [0.717, 1.165) is 16.9 Å². The van der Waals surface area contributed by atoms with Crippen molar-refractivity contribution in [2.45, 2.75) is 19.9 Å². The maximum atomic E-state index is 14.0. The van der Waals surface area contributed by atoms with Crippen molar-refractivity contribution in [3.8, 4) is 11.3 Å². The fourth-order valence-corrected chi connectivity index (χ4v) is 6.08. The smallest absolute Gasteiger partial charge is 0.338 e. The number of non-ortho nitro benzene ring substituents is 1. The summed E-state index contributed by atoms with van der Waals surface area (Å²) in [7, 11) is 0. The number of fused-ring (bicyclic) bond motifs is 1. The Labute approximate surface area is 253 Å². The quantitative estimate of drug-likeness (QED) is 0.136. The molecule has 0 amide bonds. The van der Waals surface area contributed by atoms with Gasteiger partial charge < -0.3 is 9.15 Å². The first-order valence-electron chi connectivity index (χ1n) is 13.6. The van der Waals surface area contributed by atoms with Crippen LogP contribution in [0.1, 0.15) is 35.4 Å². The third-order valence-electron chi connectivity index (χ3n) is 7.16. The Morgan fingerprint density at radius 2 is 1.86 bits per heavy atom. The lowest BCUT2D eigenvalue weighted by atomic mass is 9.93. The number of rotatable bonds is 7. The third-order valence-corrected chi connectivity index (χ3v) is 8.14. The number of nitro benzene ring substituents is 1. The average Bonchev–Trinajstić information content (AvgIpc) is 3.61. The summed E-state index contributed by atoms with van der Waals surface area (Å²) in [5.41, 5.74) is 2.52. The molecule has 3 heterocycles. The number of aromatic nitrogens is 1. The van der Waals surface area contributed by atoms with Gasteiger partial charge in [-0.1, -0.05) is 59.9 Å². The van der Waals surface area contributed by atoms with Gasteiger partial charge in [0.15, 0.2) is 4.80 Å². The van der Waals surface area contributed by atoms with E-state index >= 15 is 0 Å². The summed E-state index contributed by atoms with van der Waals surface area (Å²) in [6, 6.07) is 21.6. The van der Waals surface area contributed by atoms with Crippen LogP contribution in [0.4, 0.5) is 10.1 Å². The molecule has 0 unspecified atom stereocenters. The molecule has 0 fully saturated rings. The maximum absolute atomic E-state index is 14.0. The number of carbonyl (C=O) groups is 1. The van der Waals surface area contributed by atoms with Gasteiger partial charge in [-0.15, -0.1) is 0 Å². The molecule has 44 heavy (non-hydrogen) atoms. The minimum Gasteiger partial charge on any atom is -0.463 e. The monoisotopic (exact) mass is 609 g/mol. The number of halogens is 1. The molecule has 9 nitrogen and oxygen atoms in total. The number of aryl methyl sites for hydroxylation is 1. The van der Waals surface area contributed by atoms with Crippen LogP contribution in [0.2, 0.25) is 0 Å². The SMILES string of the molecule is CCOC(=O)C1=C(c2ccccc2)N=c2s/c(=C\c3ccc(-c4cc([N+](=O)[O-])ccc4C)o3)c(=O)n2[C@@H]1c1ccc(F)cc1. The summed E-state index contributed by atoms with van der Waals surface area (Å²) in [6.45, 7) is 3.62. The molecule has 1 atom stereocenters. The van der Waals surface area contributed by atoms with Gasteiger partial charge in [-0.2, -0.15) is 0 Å². The van der Waals surface area contributed by atoms with E-state index in [9.17, 15) is 24.1 Å². The Bertz CT molecular complexity index is 2130. The summed E-state index contributed by atoms with van der Waals surface area (Å²) < 4.78 is 27.1. The second-order valence-electron chi connectivity index (χ2n) is 9.94. The zero-order valence-electron chi connectivity index (χ0n) is 23.5. The normalized spacial score (nSPS) is 14.7. The minimum atomic E-state index is -0.942. The van der Waals surface area contributed by atoms with Crippen molar-refractivity contribution in [3.63, 3.8) is 0 Å². The van der Waals surface area contributed by atoms with E-state index in [1.807, 2.05) is 37.3 Å². The van der Waals surface area contributed by atoms with Gasteiger partial charge in [0, 0.05) is 29.3 Å². The Morgan fingerprint density at radius 3 is 2.57 bits per heavy atom. The maximum Gasteiger partial charge on any atom is 0.338 e. The highest BCUT2D eigenvalue weighted by molar-refractivity contribution is 7.07. The Balaban J connectivity index is 1.54. The van der Waals surface area contributed by atoms with Gasteiger partial charge in [0.2, 0.25) is 0 Å². The zero-order valence-corrected chi connectivity index (χ0v) is 24.3. The molecule has 5 aromatic rings. The van der Waals surface area contributed by atoms with Crippen LogP contribution >= 0.6 is 11.3 Å². The lowest BCUT2D eigenvalue weighted by molar-refractivity contribution is -0.384. The molecule has 0 N–H and O–H groups in total. The molecule has 0 bridgehead atoms. The molecular weight excluding hydrogens is 585 g/mol. The van der Waals surface area contributed by atoms with E-state index in [4.69, 9.17) is 14.1 Å². The van der Waals surface area contributed by atoms with E-state index in [2.05, 4.69) is 0 Å². The Morgan fingerprint density at radius 1 is 1.11 bits per heavy atom. The summed E-state index contributed by atoms with van der Waals surface area (Å²) in [4.78, 5) is 43.4. The van der Waals surface area contributed by atoms with E-state index in [1.165, 1.54) is 41.0 Å². The van der Waals surface area contributed by atoms with Crippen LogP contribution in [0.15, 0.2) is 105 Å². The molecule has 0 aliphatic carbocycles. The molecule has 0 saturated carbocycles. The van der Waals surface area contributed by atoms with E-state index in [-0.39, 0.29) is 22.4 Å². The number of hydrogen-bond acceptors (Lipinski definition) is 8. The second-order valence-corrected chi connectivity index (χ2v) is 11.0. The van der Waals surface area contributed by atoms with Crippen molar-refractivity contribution in [1.29, 1.82) is 0 Å². The van der Waals surface area contributed by atoms with Crippen molar-refractivity contribution in [1.82, 2.24) is 4.57 Å². The molecule has 6 rings (SSSR count). The van der Waals surface area contributed by atoms with E-state index < -0.39 is 28.3 Å². The second kappa shape index (κ2) is 11.7. The van der Waals surface area contributed by atoms with Crippen LogP contribution in [0.25, 0.3) is 23.1 Å². The van der Waals surface area contributed by atoms with Gasteiger partial charge in [-0.05, 0) is 49.2 Å². The molecule has 220 valence electrons. The van der Waals surface area contributed by atoms with Gasteiger partial charge in [-0.3, -0.25) is 19.5 Å². The van der Waals surface area contributed by atoms with Crippen molar-refractivity contribution < 1.29 is 23.3 Å². The summed E-state index contributed by atoms with van der Waals surface area (Å²) in [5.74, 6) is -0.340. The minimum absolute atomic E-state index is 0.0655.